The molecular formula is C21H15ClF3N5O3S. The second-order valence-corrected chi connectivity index (χ2v) is 8.24. The van der Waals surface area contributed by atoms with Crippen LogP contribution >= 0.6 is 23.4 Å². The van der Waals surface area contributed by atoms with Crippen LogP contribution in [0.2, 0.25) is 5.02 Å². The van der Waals surface area contributed by atoms with Crippen molar-refractivity contribution in [3.63, 3.8) is 0 Å². The molecular weight excluding hydrogens is 495 g/mol. The van der Waals surface area contributed by atoms with Crippen LogP contribution in [0.5, 0.6) is 5.75 Å². The van der Waals surface area contributed by atoms with Gasteiger partial charge in [-0.05, 0) is 30.3 Å². The normalized spacial score (nSPS) is 11.6. The number of rotatable bonds is 6. The first-order valence-electron chi connectivity index (χ1n) is 9.58. The number of H-pyrrole nitrogens is 1. The molecule has 0 unspecified atom stereocenters. The number of thioether (sulfide) groups is 1. The molecule has 0 bridgehead atoms. The molecule has 0 atom stereocenters. The number of amides is 1. The molecule has 34 heavy (non-hydrogen) atoms. The van der Waals surface area contributed by atoms with Crippen LogP contribution in [0.15, 0.2) is 58.6 Å². The molecule has 2 N–H and O–H groups in total. The summed E-state index contributed by atoms with van der Waals surface area (Å²) in [4.78, 5) is 31.8. The van der Waals surface area contributed by atoms with Crippen molar-refractivity contribution >= 4 is 46.0 Å². The lowest BCUT2D eigenvalue weighted by Crippen LogP contribution is -2.16. The van der Waals surface area contributed by atoms with Gasteiger partial charge in [-0.15, -0.1) is 0 Å². The quantitative estimate of drug-likeness (QED) is 0.293. The molecule has 4 rings (SSSR count). The average molecular weight is 510 g/mol. The SMILES string of the molecule is COc1ccccc1-n1ncc2c(=O)[nH]c(SCC(=O)Nc3cc(C(F)(F)F)ccc3Cl)nc21. The average Bonchev–Trinajstić information content (AvgIpc) is 3.23. The maximum Gasteiger partial charge on any atom is 0.416 e. The largest absolute Gasteiger partial charge is 0.494 e. The molecule has 2 aromatic carbocycles. The minimum atomic E-state index is -4.58. The molecule has 13 heteroatoms. The summed E-state index contributed by atoms with van der Waals surface area (Å²) in [6.07, 6.45) is -3.22. The van der Waals surface area contributed by atoms with E-state index in [9.17, 15) is 22.8 Å². The van der Waals surface area contributed by atoms with Crippen molar-refractivity contribution in [3.05, 3.63) is 69.6 Å². The molecule has 8 nitrogen and oxygen atoms in total. The summed E-state index contributed by atoms with van der Waals surface area (Å²) in [5.74, 6) is -0.363. The van der Waals surface area contributed by atoms with E-state index in [0.717, 1.165) is 30.0 Å². The van der Waals surface area contributed by atoms with Crippen LogP contribution in [0, 0.1) is 0 Å². The molecule has 1 amide bonds. The molecule has 0 aliphatic carbocycles. The van der Waals surface area contributed by atoms with E-state index in [1.54, 1.807) is 24.3 Å². The van der Waals surface area contributed by atoms with Crippen molar-refractivity contribution in [1.29, 1.82) is 0 Å². The zero-order valence-corrected chi connectivity index (χ0v) is 18.9. The number of aromatic nitrogens is 4. The summed E-state index contributed by atoms with van der Waals surface area (Å²) < 4.78 is 45.6. The van der Waals surface area contributed by atoms with Crippen molar-refractivity contribution in [2.24, 2.45) is 0 Å². The van der Waals surface area contributed by atoms with Crippen LogP contribution in [-0.4, -0.2) is 38.5 Å². The van der Waals surface area contributed by atoms with Crippen LogP contribution in [-0.2, 0) is 11.0 Å². The Morgan fingerprint density at radius 2 is 2.03 bits per heavy atom. The lowest BCUT2D eigenvalue weighted by atomic mass is 10.2. The Morgan fingerprint density at radius 1 is 1.26 bits per heavy atom. The number of nitrogens with zero attached hydrogens (tertiary/aromatic N) is 3. The highest BCUT2D eigenvalue weighted by Gasteiger charge is 2.31. The van der Waals surface area contributed by atoms with Gasteiger partial charge in [0, 0.05) is 0 Å². The number of methoxy groups -OCH3 is 1. The number of anilines is 1. The van der Waals surface area contributed by atoms with Crippen molar-refractivity contribution < 1.29 is 22.7 Å². The van der Waals surface area contributed by atoms with E-state index in [1.807, 2.05) is 0 Å². The third-order valence-corrected chi connectivity index (χ3v) is 5.84. The Bertz CT molecular complexity index is 1440. The first kappa shape index (κ1) is 23.6. The predicted octanol–water partition coefficient (Wildman–Crippen LogP) is 4.52. The summed E-state index contributed by atoms with van der Waals surface area (Å²) in [5.41, 5.74) is -0.771. The topological polar surface area (TPSA) is 102 Å². The third kappa shape index (κ3) is 4.87. The van der Waals surface area contributed by atoms with E-state index in [4.69, 9.17) is 16.3 Å². The van der Waals surface area contributed by atoms with Crippen LogP contribution < -0.4 is 15.6 Å². The van der Waals surface area contributed by atoms with Crippen molar-refractivity contribution in [2.75, 3.05) is 18.2 Å². The fourth-order valence-electron chi connectivity index (χ4n) is 3.07. The molecule has 0 aliphatic rings. The number of halogens is 4. The van der Waals surface area contributed by atoms with E-state index >= 15 is 0 Å². The van der Waals surface area contributed by atoms with Gasteiger partial charge in [0.15, 0.2) is 10.8 Å². The number of ether oxygens (including phenoxy) is 1. The summed E-state index contributed by atoms with van der Waals surface area (Å²) >= 11 is 6.81. The highest BCUT2D eigenvalue weighted by atomic mass is 35.5. The van der Waals surface area contributed by atoms with Crippen LogP contribution in [0.25, 0.3) is 16.7 Å². The van der Waals surface area contributed by atoms with Gasteiger partial charge in [-0.25, -0.2) is 9.67 Å². The molecule has 0 saturated heterocycles. The molecule has 2 aromatic heterocycles. The number of carbonyl (C=O) groups excluding carboxylic acids is 1. The van der Waals surface area contributed by atoms with Gasteiger partial charge in [0.2, 0.25) is 5.91 Å². The Balaban J connectivity index is 1.55. The van der Waals surface area contributed by atoms with Crippen molar-refractivity contribution in [3.8, 4) is 11.4 Å². The van der Waals surface area contributed by atoms with Gasteiger partial charge < -0.3 is 15.0 Å². The summed E-state index contributed by atoms with van der Waals surface area (Å²) in [7, 11) is 1.50. The predicted molar refractivity (Wildman–Crippen MR) is 122 cm³/mol. The lowest BCUT2D eigenvalue weighted by Gasteiger charge is -2.11. The van der Waals surface area contributed by atoms with Crippen molar-refractivity contribution in [2.45, 2.75) is 11.3 Å². The minimum absolute atomic E-state index is 0.0417. The number of alkyl halides is 3. The maximum absolute atomic E-state index is 12.9. The monoisotopic (exact) mass is 509 g/mol. The summed E-state index contributed by atoms with van der Waals surface area (Å²) in [6, 6.07) is 9.66. The first-order chi connectivity index (χ1) is 16.2. The molecule has 2 heterocycles. The van der Waals surface area contributed by atoms with Gasteiger partial charge in [-0.1, -0.05) is 35.5 Å². The summed E-state index contributed by atoms with van der Waals surface area (Å²) in [6.45, 7) is 0. The first-order valence-corrected chi connectivity index (χ1v) is 10.9. The second kappa shape index (κ2) is 9.39. The molecule has 0 radical (unpaired) electrons. The fourth-order valence-corrected chi connectivity index (χ4v) is 3.89. The van der Waals surface area contributed by atoms with Gasteiger partial charge in [0.1, 0.15) is 16.8 Å². The Labute approximate surface area is 199 Å². The molecule has 0 fully saturated rings. The van der Waals surface area contributed by atoms with E-state index in [-0.39, 0.29) is 32.7 Å². The fraction of sp³-hybridized carbons (Fsp3) is 0.143. The van der Waals surface area contributed by atoms with E-state index < -0.39 is 23.2 Å². The van der Waals surface area contributed by atoms with E-state index in [1.165, 1.54) is 18.0 Å². The van der Waals surface area contributed by atoms with Crippen LogP contribution in [0.3, 0.4) is 0 Å². The number of nitrogens with one attached hydrogen (secondary N) is 2. The Morgan fingerprint density at radius 3 is 2.76 bits per heavy atom. The Kier molecular flexibility index (Phi) is 6.53. The molecule has 0 saturated carbocycles. The van der Waals surface area contributed by atoms with Gasteiger partial charge in [-0.2, -0.15) is 18.3 Å². The van der Waals surface area contributed by atoms with Gasteiger partial charge in [0.25, 0.3) is 5.56 Å². The third-order valence-electron chi connectivity index (χ3n) is 4.64. The van der Waals surface area contributed by atoms with Crippen LogP contribution in [0.4, 0.5) is 18.9 Å². The number of hydrogen-bond donors (Lipinski definition) is 2. The van der Waals surface area contributed by atoms with Gasteiger partial charge >= 0.3 is 6.18 Å². The molecule has 4 aromatic rings. The van der Waals surface area contributed by atoms with Crippen molar-refractivity contribution in [1.82, 2.24) is 19.7 Å². The minimum Gasteiger partial charge on any atom is -0.494 e. The van der Waals surface area contributed by atoms with Gasteiger partial charge in [-0.3, -0.25) is 9.59 Å². The second-order valence-electron chi connectivity index (χ2n) is 6.87. The zero-order chi connectivity index (χ0) is 24.5. The number of benzene rings is 2. The number of para-hydroxylation sites is 2. The maximum atomic E-state index is 12.9. The Hall–Kier alpha value is -3.51. The van der Waals surface area contributed by atoms with Crippen LogP contribution in [0.1, 0.15) is 5.56 Å². The highest BCUT2D eigenvalue weighted by molar-refractivity contribution is 7.99. The zero-order valence-electron chi connectivity index (χ0n) is 17.3. The summed E-state index contributed by atoms with van der Waals surface area (Å²) in [5, 5.41) is 6.89. The number of carbonyl (C=O) groups is 1. The van der Waals surface area contributed by atoms with Gasteiger partial charge in [0.05, 0.1) is 35.3 Å². The molecule has 0 aliphatic heterocycles. The molecule has 0 spiro atoms. The van der Waals surface area contributed by atoms with E-state index in [2.05, 4.69) is 20.4 Å². The van der Waals surface area contributed by atoms with E-state index in [0.29, 0.717) is 11.4 Å². The standard InChI is InChI=1S/C21H15ClF3N5O3S/c1-33-16-5-3-2-4-15(16)30-18-12(9-26-30)19(32)29-20(28-18)34-10-17(31)27-14-8-11(21(23,24)25)6-7-13(14)22/h2-9H,10H2,1H3,(H,27,31)(H,28,29,32). The number of aromatic amines is 1. The smallest absolute Gasteiger partial charge is 0.416 e. The highest BCUT2D eigenvalue weighted by Crippen LogP contribution is 2.34. The number of hydrogen-bond acceptors (Lipinski definition) is 6. The molecule has 176 valence electrons. The lowest BCUT2D eigenvalue weighted by molar-refractivity contribution is -0.137. The number of fused-ring (bicyclic) bond motifs is 1.